The van der Waals surface area contributed by atoms with E-state index in [-0.39, 0.29) is 64.4 Å². The summed E-state index contributed by atoms with van der Waals surface area (Å²) in [6, 6.07) is 13.9. The Morgan fingerprint density at radius 2 is 1.42 bits per heavy atom. The number of carbonyl (C=O) groups is 6. The number of fused-ring (bicyclic) bond motifs is 3. The number of unbranched alkanes of at least 4 members (excludes halogenated alkanes) is 1. The molecule has 6 amide bonds. The molecule has 0 fully saturated rings. The van der Waals surface area contributed by atoms with Gasteiger partial charge < -0.3 is 51.1 Å². The predicted molar refractivity (Wildman–Crippen MR) is 221 cm³/mol. The van der Waals surface area contributed by atoms with Gasteiger partial charge >= 0.3 is 12.2 Å². The molecule has 2 aromatic rings. The summed E-state index contributed by atoms with van der Waals surface area (Å²) in [6.45, 7) is 2.30. The first kappa shape index (κ1) is 48.7. The maximum atomic E-state index is 13.2. The molecule has 0 saturated heterocycles. The minimum absolute atomic E-state index is 0.00856. The molecular weight excluding hydrogens is 811 g/mol. The fraction of sp³-hybridized carbons (Fsp3) is 0.526. The lowest BCUT2D eigenvalue weighted by Gasteiger charge is -2.22. The maximum absolute atomic E-state index is 13.2. The number of alkyl carbamates (subject to hydrolysis) is 1. The first-order valence-electron chi connectivity index (χ1n) is 19.1. The van der Waals surface area contributed by atoms with Crippen LogP contribution < -0.4 is 38.2 Å². The van der Waals surface area contributed by atoms with Gasteiger partial charge in [-0.2, -0.15) is 5.48 Å². The van der Waals surface area contributed by atoms with Crippen LogP contribution in [0.15, 0.2) is 48.5 Å². The van der Waals surface area contributed by atoms with Crippen molar-refractivity contribution in [1.29, 1.82) is 0 Å². The summed E-state index contributed by atoms with van der Waals surface area (Å²) in [5.41, 5.74) is 17.3. The van der Waals surface area contributed by atoms with Gasteiger partial charge in [-0.3, -0.25) is 29.3 Å². The van der Waals surface area contributed by atoms with E-state index in [0.717, 1.165) is 28.0 Å². The maximum Gasteiger partial charge on any atom is 0.431 e. The lowest BCUT2D eigenvalue weighted by molar-refractivity contribution is -0.133. The molecule has 0 radical (unpaired) electrons. The number of nitrogens with one attached hydrogen (secondary N) is 5. The van der Waals surface area contributed by atoms with Crippen LogP contribution in [0.1, 0.15) is 43.2 Å². The topological polar surface area (TPSA) is 270 Å². The van der Waals surface area contributed by atoms with Gasteiger partial charge in [0.05, 0.1) is 26.4 Å². The third kappa shape index (κ3) is 18.9. The van der Waals surface area contributed by atoms with E-state index in [1.54, 1.807) is 0 Å². The van der Waals surface area contributed by atoms with E-state index >= 15 is 0 Å². The highest BCUT2D eigenvalue weighted by atomic mass is 33.1. The highest BCUT2D eigenvalue weighted by Crippen LogP contribution is 2.44. The minimum atomic E-state index is -1.04. The Balaban J connectivity index is 1.34. The van der Waals surface area contributed by atoms with Gasteiger partial charge in [0.15, 0.2) is 6.61 Å². The molecule has 3 rings (SSSR count). The third-order valence-corrected chi connectivity index (χ3v) is 10.8. The fourth-order valence-electron chi connectivity index (χ4n) is 5.61. The summed E-state index contributed by atoms with van der Waals surface area (Å²) in [4.78, 5) is 79.3. The quantitative estimate of drug-likeness (QED) is 0.0252. The number of hydroxylamine groups is 1. The van der Waals surface area contributed by atoms with Crippen molar-refractivity contribution >= 4 is 57.4 Å². The van der Waals surface area contributed by atoms with Gasteiger partial charge in [-0.1, -0.05) is 77.0 Å². The van der Waals surface area contributed by atoms with Gasteiger partial charge in [0.2, 0.25) is 23.6 Å². The van der Waals surface area contributed by atoms with Crippen molar-refractivity contribution in [1.82, 2.24) is 26.7 Å². The SMILES string of the molecule is CCSSC[C@H](NC(=O)[C@H](CCCCNC(=O)CONC(=O)OCC1c2ccccc2-c2ccccc21)NC(=O)COCCOCNC(=O)OCCOCCN)C(N)=O. The minimum Gasteiger partial charge on any atom is -0.447 e. The second-order valence-corrected chi connectivity index (χ2v) is 15.5. The van der Waals surface area contributed by atoms with E-state index in [9.17, 15) is 28.8 Å². The molecule has 2 atom stereocenters. The van der Waals surface area contributed by atoms with E-state index in [4.69, 9.17) is 40.0 Å². The largest absolute Gasteiger partial charge is 0.447 e. The number of hydrogen-bond acceptors (Lipinski definition) is 15. The molecule has 21 heteroatoms. The van der Waals surface area contributed by atoms with Gasteiger partial charge in [-0.15, -0.1) is 0 Å². The molecule has 0 aromatic heterocycles. The number of carbonyl (C=O) groups excluding carboxylic acids is 6. The lowest BCUT2D eigenvalue weighted by atomic mass is 9.98. The molecule has 1 aliphatic rings. The van der Waals surface area contributed by atoms with Crippen LogP contribution in [-0.2, 0) is 47.7 Å². The van der Waals surface area contributed by atoms with Crippen molar-refractivity contribution in [2.24, 2.45) is 11.5 Å². The number of primary amides is 1. The average molecular weight is 866 g/mol. The van der Waals surface area contributed by atoms with Crippen molar-refractivity contribution in [2.75, 3.05) is 84.2 Å². The van der Waals surface area contributed by atoms with Gasteiger partial charge in [0, 0.05) is 30.5 Å². The Bertz CT molecular complexity index is 1600. The van der Waals surface area contributed by atoms with Crippen molar-refractivity contribution in [3.8, 4) is 11.1 Å². The van der Waals surface area contributed by atoms with E-state index in [0.29, 0.717) is 26.0 Å². The molecule has 2 aromatic carbocycles. The summed E-state index contributed by atoms with van der Waals surface area (Å²) in [5, 5.41) is 10.3. The van der Waals surface area contributed by atoms with Crippen molar-refractivity contribution in [2.45, 2.75) is 44.2 Å². The highest BCUT2D eigenvalue weighted by Gasteiger charge is 2.29. The van der Waals surface area contributed by atoms with Crippen molar-refractivity contribution in [3.05, 3.63) is 59.7 Å². The van der Waals surface area contributed by atoms with E-state index in [1.807, 2.05) is 55.5 Å². The molecule has 9 N–H and O–H groups in total. The second-order valence-electron chi connectivity index (χ2n) is 12.7. The molecule has 1 aliphatic carbocycles. The van der Waals surface area contributed by atoms with Crippen LogP contribution in [0, 0.1) is 0 Å². The zero-order valence-electron chi connectivity index (χ0n) is 33.0. The summed E-state index contributed by atoms with van der Waals surface area (Å²) < 4.78 is 26.0. The monoisotopic (exact) mass is 865 g/mol. The zero-order valence-corrected chi connectivity index (χ0v) is 34.7. The van der Waals surface area contributed by atoms with E-state index in [1.165, 1.54) is 21.6 Å². The molecule has 0 aliphatic heterocycles. The van der Waals surface area contributed by atoms with Crippen LogP contribution >= 0.6 is 21.6 Å². The zero-order chi connectivity index (χ0) is 42.7. The molecular formula is C38H55N7O12S2. The Morgan fingerprint density at radius 3 is 2.12 bits per heavy atom. The third-order valence-electron chi connectivity index (χ3n) is 8.34. The van der Waals surface area contributed by atoms with Crippen molar-refractivity contribution in [3.63, 3.8) is 0 Å². The van der Waals surface area contributed by atoms with Gasteiger partial charge in [0.1, 0.15) is 38.6 Å². The molecule has 326 valence electrons. The molecule has 19 nitrogen and oxygen atoms in total. The smallest absolute Gasteiger partial charge is 0.431 e. The molecule has 59 heavy (non-hydrogen) atoms. The Labute approximate surface area is 351 Å². The first-order valence-corrected chi connectivity index (χ1v) is 21.6. The Kier molecular flexibility index (Phi) is 23.7. The lowest BCUT2D eigenvalue weighted by Crippen LogP contribution is -2.54. The molecule has 0 spiro atoms. The molecule has 0 saturated carbocycles. The number of amides is 6. The summed E-state index contributed by atoms with van der Waals surface area (Å²) in [7, 11) is 2.89. The Hall–Kier alpha value is -4.64. The number of hydrogen-bond donors (Lipinski definition) is 7. The molecule has 0 heterocycles. The van der Waals surface area contributed by atoms with Crippen LogP contribution in [0.25, 0.3) is 11.1 Å². The predicted octanol–water partition coefficient (Wildman–Crippen LogP) is 1.29. The van der Waals surface area contributed by atoms with Gasteiger partial charge in [-0.25, -0.2) is 9.59 Å². The normalized spacial score (nSPS) is 12.6. The Morgan fingerprint density at radius 1 is 0.729 bits per heavy atom. The average Bonchev–Trinajstić information content (AvgIpc) is 3.54. The summed E-state index contributed by atoms with van der Waals surface area (Å²) in [6.07, 6.45) is -0.544. The van der Waals surface area contributed by atoms with Crippen LogP contribution in [-0.4, -0.2) is 132 Å². The number of rotatable bonds is 30. The number of benzene rings is 2. The van der Waals surface area contributed by atoms with Crippen molar-refractivity contribution < 1.29 is 57.3 Å². The highest BCUT2D eigenvalue weighted by molar-refractivity contribution is 8.76. The first-order chi connectivity index (χ1) is 28.6. The van der Waals surface area contributed by atoms with E-state index in [2.05, 4.69) is 26.7 Å². The van der Waals surface area contributed by atoms with Gasteiger partial charge in [0.25, 0.3) is 0 Å². The van der Waals surface area contributed by atoms with E-state index < -0.39 is 61.1 Å². The number of ether oxygens (including phenoxy) is 5. The second kappa shape index (κ2) is 28.7. The van der Waals surface area contributed by atoms with Crippen LogP contribution in [0.5, 0.6) is 0 Å². The van der Waals surface area contributed by atoms with Gasteiger partial charge in [-0.05, 0) is 41.5 Å². The summed E-state index contributed by atoms with van der Waals surface area (Å²) >= 11 is 0. The molecule has 0 unspecified atom stereocenters. The fourth-order valence-corrected chi connectivity index (χ4v) is 7.45. The number of nitrogens with two attached hydrogens (primary N) is 2. The standard InChI is InChI=1S/C38H55N7O12S2/c1-2-58-59-24-32(35(40)48)44-36(49)31(43-34(47)22-53-17-18-54-25-42-37(50)55-20-19-52-16-14-39)13-7-8-15-41-33(46)23-57-45-38(51)56-21-30-28-11-5-3-9-26(28)27-10-4-6-12-29(27)30/h3-6,9-12,30-32H,2,7-8,13-25,39H2,1H3,(H2,40,48)(H,41,46)(H,42,50)(H,43,47)(H,44,49)(H,45,51)/t31-,32-/m0/s1. The van der Waals surface area contributed by atoms with Crippen LogP contribution in [0.2, 0.25) is 0 Å². The van der Waals surface area contributed by atoms with Crippen LogP contribution in [0.4, 0.5) is 9.59 Å². The molecule has 0 bridgehead atoms. The summed E-state index contributed by atoms with van der Waals surface area (Å²) in [5.74, 6) is -1.51. The van der Waals surface area contributed by atoms with Crippen LogP contribution in [0.3, 0.4) is 0 Å².